The first-order chi connectivity index (χ1) is 14.2. The SMILES string of the molecule is O=C(NCC1CCC(C(NC(=O)C2CCC2)c2nccs2)CC1)C1CC=CCC1. The largest absolute Gasteiger partial charge is 0.356 e. The van der Waals surface area contributed by atoms with Crippen molar-refractivity contribution in [3.05, 3.63) is 28.7 Å². The van der Waals surface area contributed by atoms with Crippen molar-refractivity contribution in [1.82, 2.24) is 15.6 Å². The number of hydrogen-bond donors (Lipinski definition) is 2. The van der Waals surface area contributed by atoms with Crippen molar-refractivity contribution in [2.24, 2.45) is 23.7 Å². The Hall–Kier alpha value is -1.69. The number of nitrogens with one attached hydrogen (secondary N) is 2. The first-order valence-electron chi connectivity index (χ1n) is 11.3. The van der Waals surface area contributed by atoms with E-state index >= 15 is 0 Å². The van der Waals surface area contributed by atoms with Crippen LogP contribution in [0.15, 0.2) is 23.7 Å². The molecule has 2 fully saturated rings. The molecule has 0 saturated heterocycles. The van der Waals surface area contributed by atoms with Gasteiger partial charge >= 0.3 is 0 Å². The van der Waals surface area contributed by atoms with E-state index in [0.29, 0.717) is 11.8 Å². The van der Waals surface area contributed by atoms with Gasteiger partial charge in [0.15, 0.2) is 0 Å². The van der Waals surface area contributed by atoms with Crippen LogP contribution in [-0.4, -0.2) is 23.3 Å². The van der Waals surface area contributed by atoms with Crippen LogP contribution in [0.4, 0.5) is 0 Å². The third-order valence-corrected chi connectivity index (χ3v) is 7.92. The lowest BCUT2D eigenvalue weighted by atomic mass is 9.78. The maximum absolute atomic E-state index is 12.6. The predicted octanol–water partition coefficient (Wildman–Crippen LogP) is 4.38. The quantitative estimate of drug-likeness (QED) is 0.649. The summed E-state index contributed by atoms with van der Waals surface area (Å²) >= 11 is 1.65. The van der Waals surface area contributed by atoms with E-state index in [4.69, 9.17) is 0 Å². The number of carbonyl (C=O) groups is 2. The molecule has 0 radical (unpaired) electrons. The second-order valence-corrected chi connectivity index (χ2v) is 9.92. The molecule has 3 aliphatic rings. The van der Waals surface area contributed by atoms with Crippen LogP contribution in [0.2, 0.25) is 0 Å². The molecule has 1 heterocycles. The summed E-state index contributed by atoms with van der Waals surface area (Å²) in [6, 6.07) is 0.0488. The number of rotatable bonds is 7. The lowest BCUT2D eigenvalue weighted by Gasteiger charge is -2.35. The van der Waals surface area contributed by atoms with Gasteiger partial charge in [0.05, 0.1) is 6.04 Å². The molecule has 0 spiro atoms. The fourth-order valence-corrected chi connectivity index (χ4v) is 5.64. The minimum atomic E-state index is 0.0488. The van der Waals surface area contributed by atoms with E-state index in [1.165, 1.54) is 6.42 Å². The Kier molecular flexibility index (Phi) is 7.01. The Morgan fingerprint density at radius 3 is 2.48 bits per heavy atom. The van der Waals surface area contributed by atoms with Gasteiger partial charge in [0.2, 0.25) is 11.8 Å². The second-order valence-electron chi connectivity index (χ2n) is 8.99. The van der Waals surface area contributed by atoms with E-state index in [1.807, 2.05) is 11.6 Å². The molecule has 2 N–H and O–H groups in total. The number of thiazole rings is 1. The molecule has 29 heavy (non-hydrogen) atoms. The van der Waals surface area contributed by atoms with Gasteiger partial charge in [0.1, 0.15) is 5.01 Å². The van der Waals surface area contributed by atoms with Gasteiger partial charge in [0, 0.05) is 30.0 Å². The highest BCUT2D eigenvalue weighted by molar-refractivity contribution is 7.09. The molecule has 6 heteroatoms. The van der Waals surface area contributed by atoms with Crippen LogP contribution in [0.1, 0.15) is 75.3 Å². The molecule has 3 aliphatic carbocycles. The number of allylic oxidation sites excluding steroid dienone is 2. The molecule has 2 unspecified atom stereocenters. The molecule has 2 saturated carbocycles. The standard InChI is InChI=1S/C23H33N3O2S/c27-21(18-5-2-1-3-6-18)25-15-16-9-11-17(12-10-16)20(23-24-13-14-29-23)26-22(28)19-7-4-8-19/h1-2,13-14,16-20H,3-12,15H2,(H,25,27)(H,26,28). The third-order valence-electron chi connectivity index (χ3n) is 7.06. The number of carbonyl (C=O) groups excluding carboxylic acids is 2. The first-order valence-corrected chi connectivity index (χ1v) is 12.2. The lowest BCUT2D eigenvalue weighted by molar-refractivity contribution is -0.129. The maximum atomic E-state index is 12.6. The van der Waals surface area contributed by atoms with Gasteiger partial charge in [0.25, 0.3) is 0 Å². The molecule has 158 valence electrons. The molecule has 5 nitrogen and oxygen atoms in total. The van der Waals surface area contributed by atoms with Gasteiger partial charge in [-0.3, -0.25) is 9.59 Å². The number of hydrogen-bond acceptors (Lipinski definition) is 4. The van der Waals surface area contributed by atoms with Crippen molar-refractivity contribution in [2.75, 3.05) is 6.54 Å². The smallest absolute Gasteiger partial charge is 0.223 e. The van der Waals surface area contributed by atoms with Crippen molar-refractivity contribution in [3.63, 3.8) is 0 Å². The minimum absolute atomic E-state index is 0.0488. The molecule has 1 aromatic heterocycles. The van der Waals surface area contributed by atoms with Crippen molar-refractivity contribution < 1.29 is 9.59 Å². The van der Waals surface area contributed by atoms with E-state index in [0.717, 1.165) is 69.3 Å². The van der Waals surface area contributed by atoms with Crippen molar-refractivity contribution in [3.8, 4) is 0 Å². The average Bonchev–Trinajstić information content (AvgIpc) is 3.24. The summed E-state index contributed by atoms with van der Waals surface area (Å²) in [4.78, 5) is 29.5. The normalized spacial score (nSPS) is 28.3. The molecule has 4 rings (SSSR count). The molecular formula is C23H33N3O2S. The molecular weight excluding hydrogens is 382 g/mol. The topological polar surface area (TPSA) is 71.1 Å². The Morgan fingerprint density at radius 2 is 1.86 bits per heavy atom. The number of aromatic nitrogens is 1. The summed E-state index contributed by atoms with van der Waals surface area (Å²) in [6.07, 6.45) is 16.6. The van der Waals surface area contributed by atoms with E-state index in [-0.39, 0.29) is 29.7 Å². The highest BCUT2D eigenvalue weighted by atomic mass is 32.1. The Morgan fingerprint density at radius 1 is 1.03 bits per heavy atom. The monoisotopic (exact) mass is 415 g/mol. The van der Waals surface area contributed by atoms with Crippen LogP contribution < -0.4 is 10.6 Å². The van der Waals surface area contributed by atoms with Crippen LogP contribution in [0, 0.1) is 23.7 Å². The Bertz CT molecular complexity index is 706. The van der Waals surface area contributed by atoms with E-state index in [9.17, 15) is 9.59 Å². The minimum Gasteiger partial charge on any atom is -0.356 e. The summed E-state index contributed by atoms with van der Waals surface area (Å²) < 4.78 is 0. The van der Waals surface area contributed by atoms with Crippen molar-refractivity contribution in [1.29, 1.82) is 0 Å². The van der Waals surface area contributed by atoms with Crippen LogP contribution in [0.5, 0.6) is 0 Å². The van der Waals surface area contributed by atoms with Crippen LogP contribution in [0.25, 0.3) is 0 Å². The molecule has 0 bridgehead atoms. The lowest BCUT2D eigenvalue weighted by Crippen LogP contribution is -2.41. The summed E-state index contributed by atoms with van der Waals surface area (Å²) in [5, 5.41) is 9.58. The zero-order valence-electron chi connectivity index (χ0n) is 17.1. The van der Waals surface area contributed by atoms with Gasteiger partial charge in [-0.25, -0.2) is 4.98 Å². The van der Waals surface area contributed by atoms with Gasteiger partial charge in [-0.05, 0) is 69.6 Å². The van der Waals surface area contributed by atoms with E-state index in [1.54, 1.807) is 11.3 Å². The van der Waals surface area contributed by atoms with Crippen molar-refractivity contribution >= 4 is 23.2 Å². The highest BCUT2D eigenvalue weighted by Gasteiger charge is 2.34. The molecule has 0 aliphatic heterocycles. The highest BCUT2D eigenvalue weighted by Crippen LogP contribution is 2.38. The van der Waals surface area contributed by atoms with Gasteiger partial charge in [-0.2, -0.15) is 0 Å². The molecule has 0 aromatic carbocycles. The average molecular weight is 416 g/mol. The van der Waals surface area contributed by atoms with E-state index in [2.05, 4.69) is 27.8 Å². The number of nitrogens with zero attached hydrogens (tertiary/aromatic N) is 1. The summed E-state index contributed by atoms with van der Waals surface area (Å²) in [7, 11) is 0. The molecule has 2 atom stereocenters. The summed E-state index contributed by atoms with van der Waals surface area (Å²) in [6.45, 7) is 0.794. The van der Waals surface area contributed by atoms with Crippen LogP contribution >= 0.6 is 11.3 Å². The summed E-state index contributed by atoms with van der Waals surface area (Å²) in [5.74, 6) is 1.80. The third kappa shape index (κ3) is 5.27. The van der Waals surface area contributed by atoms with Gasteiger partial charge in [-0.15, -0.1) is 11.3 Å². The maximum Gasteiger partial charge on any atom is 0.223 e. The van der Waals surface area contributed by atoms with Crippen molar-refractivity contribution in [2.45, 2.75) is 70.3 Å². The zero-order chi connectivity index (χ0) is 20.1. The van der Waals surface area contributed by atoms with Gasteiger partial charge < -0.3 is 10.6 Å². The predicted molar refractivity (Wildman–Crippen MR) is 115 cm³/mol. The van der Waals surface area contributed by atoms with E-state index < -0.39 is 0 Å². The first kappa shape index (κ1) is 20.6. The Labute approximate surface area is 177 Å². The fraction of sp³-hybridized carbons (Fsp3) is 0.696. The zero-order valence-corrected chi connectivity index (χ0v) is 18.0. The summed E-state index contributed by atoms with van der Waals surface area (Å²) in [5.41, 5.74) is 0. The Balaban J connectivity index is 1.26. The second kappa shape index (κ2) is 9.88. The number of amides is 2. The van der Waals surface area contributed by atoms with Gasteiger partial charge in [-0.1, -0.05) is 18.6 Å². The van der Waals surface area contributed by atoms with Crippen LogP contribution in [-0.2, 0) is 9.59 Å². The van der Waals surface area contributed by atoms with Crippen LogP contribution in [0.3, 0.4) is 0 Å². The molecule has 1 aromatic rings. The molecule has 2 amide bonds. The fourth-order valence-electron chi connectivity index (χ4n) is 4.86.